The second-order valence-electron chi connectivity index (χ2n) is 7.81. The number of benzene rings is 3. The third-order valence-electron chi connectivity index (χ3n) is 5.98. The Hall–Kier alpha value is -2.87. The van der Waals surface area contributed by atoms with Gasteiger partial charge in [-0.05, 0) is 48.1 Å². The van der Waals surface area contributed by atoms with Gasteiger partial charge in [0.05, 0.1) is 29.5 Å². The van der Waals surface area contributed by atoms with Crippen LogP contribution in [0.15, 0.2) is 48.5 Å². The minimum Gasteiger partial charge on any atom is -0.496 e. The van der Waals surface area contributed by atoms with Crippen LogP contribution in [0.3, 0.4) is 0 Å². The highest BCUT2D eigenvalue weighted by molar-refractivity contribution is 7.23. The maximum absolute atomic E-state index is 14.0. The maximum Gasteiger partial charge on any atom is 0.263 e. The predicted octanol–water partition coefficient (Wildman–Crippen LogP) is 6.11. The van der Waals surface area contributed by atoms with Crippen molar-refractivity contribution in [1.29, 1.82) is 0 Å². The van der Waals surface area contributed by atoms with Crippen molar-refractivity contribution in [3.8, 4) is 11.5 Å². The summed E-state index contributed by atoms with van der Waals surface area (Å²) in [5.74, 6) is 0.999. The molecule has 0 saturated heterocycles. The summed E-state index contributed by atoms with van der Waals surface area (Å²) in [7, 11) is 3.19. The molecule has 0 spiro atoms. The molecule has 1 aromatic heterocycles. The minimum atomic E-state index is -0.163. The molecule has 0 bridgehead atoms. The summed E-state index contributed by atoms with van der Waals surface area (Å²) in [5, 5.41) is 3.15. The van der Waals surface area contributed by atoms with E-state index in [1.807, 2.05) is 36.4 Å². The zero-order valence-corrected chi connectivity index (χ0v) is 21.4. The Morgan fingerprint density at radius 1 is 0.971 bits per heavy atom. The van der Waals surface area contributed by atoms with E-state index in [1.165, 1.54) is 11.3 Å². The Labute approximate surface area is 208 Å². The Morgan fingerprint density at radius 3 is 2.29 bits per heavy atom. The first-order valence-corrected chi connectivity index (χ1v) is 12.4. The van der Waals surface area contributed by atoms with Gasteiger partial charge in [0.15, 0.2) is 5.13 Å². The van der Waals surface area contributed by atoms with Gasteiger partial charge in [-0.2, -0.15) is 0 Å². The summed E-state index contributed by atoms with van der Waals surface area (Å²) >= 11 is 7.86. The molecule has 0 radical (unpaired) electrons. The third kappa shape index (κ3) is 4.69. The average Bonchev–Trinajstić information content (AvgIpc) is 3.32. The van der Waals surface area contributed by atoms with Crippen molar-refractivity contribution in [2.75, 3.05) is 45.3 Å². The van der Waals surface area contributed by atoms with E-state index in [4.69, 9.17) is 26.1 Å². The SMILES string of the molecule is CCN(CC)CCN(C(=O)c1cc2ccccc2cc1OC)c1nc2c(OC)ccc(Cl)c2s1. The van der Waals surface area contributed by atoms with E-state index in [1.54, 1.807) is 31.3 Å². The van der Waals surface area contributed by atoms with Crippen LogP contribution in [0.2, 0.25) is 5.02 Å². The molecule has 0 fully saturated rings. The van der Waals surface area contributed by atoms with E-state index in [0.717, 1.165) is 35.1 Å². The van der Waals surface area contributed by atoms with Crippen molar-refractivity contribution < 1.29 is 14.3 Å². The summed E-state index contributed by atoms with van der Waals surface area (Å²) < 4.78 is 11.9. The molecule has 0 aliphatic heterocycles. The number of halogens is 1. The summed E-state index contributed by atoms with van der Waals surface area (Å²) in [6, 6.07) is 15.3. The zero-order chi connectivity index (χ0) is 24.2. The van der Waals surface area contributed by atoms with Crippen molar-refractivity contribution in [3.63, 3.8) is 0 Å². The van der Waals surface area contributed by atoms with E-state index in [2.05, 4.69) is 18.7 Å². The van der Waals surface area contributed by atoms with Gasteiger partial charge in [-0.25, -0.2) is 4.98 Å². The smallest absolute Gasteiger partial charge is 0.263 e. The van der Waals surface area contributed by atoms with Crippen molar-refractivity contribution in [1.82, 2.24) is 9.88 Å². The van der Waals surface area contributed by atoms with E-state index in [-0.39, 0.29) is 5.91 Å². The first-order chi connectivity index (χ1) is 16.5. The third-order valence-corrected chi connectivity index (χ3v) is 7.51. The van der Waals surface area contributed by atoms with Gasteiger partial charge in [0.2, 0.25) is 0 Å². The second-order valence-corrected chi connectivity index (χ2v) is 9.19. The molecule has 0 unspecified atom stereocenters. The van der Waals surface area contributed by atoms with Gasteiger partial charge in [0.25, 0.3) is 5.91 Å². The molecule has 6 nitrogen and oxygen atoms in total. The summed E-state index contributed by atoms with van der Waals surface area (Å²) in [6.45, 7) is 7.23. The highest BCUT2D eigenvalue weighted by Gasteiger charge is 2.26. The topological polar surface area (TPSA) is 54.9 Å². The number of anilines is 1. The van der Waals surface area contributed by atoms with Crippen LogP contribution >= 0.6 is 22.9 Å². The normalized spacial score (nSPS) is 11.4. The lowest BCUT2D eigenvalue weighted by Gasteiger charge is -2.25. The molecule has 0 N–H and O–H groups in total. The Bertz CT molecular complexity index is 1320. The van der Waals surface area contributed by atoms with Crippen LogP contribution in [0.5, 0.6) is 11.5 Å². The first-order valence-electron chi connectivity index (χ1n) is 11.2. The number of hydrogen-bond acceptors (Lipinski definition) is 6. The fourth-order valence-corrected chi connectivity index (χ4v) is 5.27. The molecule has 4 aromatic rings. The summed E-state index contributed by atoms with van der Waals surface area (Å²) in [6.07, 6.45) is 0. The van der Waals surface area contributed by atoms with Crippen molar-refractivity contribution >= 4 is 55.0 Å². The van der Waals surface area contributed by atoms with E-state index in [9.17, 15) is 4.79 Å². The summed E-state index contributed by atoms with van der Waals surface area (Å²) in [5.41, 5.74) is 1.15. The zero-order valence-electron chi connectivity index (χ0n) is 19.8. The van der Waals surface area contributed by atoms with Gasteiger partial charge < -0.3 is 14.4 Å². The Kier molecular flexibility index (Phi) is 7.56. The summed E-state index contributed by atoms with van der Waals surface area (Å²) in [4.78, 5) is 22.8. The quantitative estimate of drug-likeness (QED) is 0.279. The van der Waals surface area contributed by atoms with Crippen LogP contribution in [-0.2, 0) is 0 Å². The van der Waals surface area contributed by atoms with E-state index in [0.29, 0.717) is 39.3 Å². The van der Waals surface area contributed by atoms with Crippen LogP contribution in [-0.4, -0.2) is 56.2 Å². The lowest BCUT2D eigenvalue weighted by Crippen LogP contribution is -2.39. The van der Waals surface area contributed by atoms with Gasteiger partial charge >= 0.3 is 0 Å². The number of amides is 1. The van der Waals surface area contributed by atoms with Crippen LogP contribution in [0.4, 0.5) is 5.13 Å². The predicted molar refractivity (Wildman–Crippen MR) is 141 cm³/mol. The number of carbonyl (C=O) groups excluding carboxylic acids is 1. The fraction of sp³-hybridized carbons (Fsp3) is 0.308. The number of ether oxygens (including phenoxy) is 2. The molecular formula is C26H28ClN3O3S. The molecule has 34 heavy (non-hydrogen) atoms. The van der Waals surface area contributed by atoms with Crippen LogP contribution < -0.4 is 14.4 Å². The lowest BCUT2D eigenvalue weighted by molar-refractivity contribution is 0.0981. The number of nitrogens with zero attached hydrogens (tertiary/aromatic N) is 3. The number of aromatic nitrogens is 1. The molecule has 1 heterocycles. The number of rotatable bonds is 9. The number of likely N-dealkylation sites (N-methyl/N-ethyl adjacent to an activating group) is 1. The van der Waals surface area contributed by atoms with Crippen molar-refractivity contribution in [3.05, 3.63) is 59.1 Å². The maximum atomic E-state index is 14.0. The molecule has 0 aliphatic carbocycles. The minimum absolute atomic E-state index is 0.163. The fourth-order valence-electron chi connectivity index (χ4n) is 3.99. The van der Waals surface area contributed by atoms with Crippen LogP contribution in [0.1, 0.15) is 24.2 Å². The second kappa shape index (κ2) is 10.6. The molecular weight excluding hydrogens is 470 g/mol. The molecule has 8 heteroatoms. The van der Waals surface area contributed by atoms with Gasteiger partial charge in [-0.15, -0.1) is 0 Å². The molecule has 3 aromatic carbocycles. The van der Waals surface area contributed by atoms with Gasteiger partial charge in [0, 0.05) is 13.1 Å². The highest BCUT2D eigenvalue weighted by Crippen LogP contribution is 2.39. The standard InChI is InChI=1S/C26H28ClN3O3S/c1-5-29(6-2)13-14-30(26-28-23-21(32-3)12-11-20(27)24(23)34-26)25(31)19-15-17-9-7-8-10-18(17)16-22(19)33-4/h7-12,15-16H,5-6,13-14H2,1-4H3. The molecule has 0 saturated carbocycles. The molecule has 1 amide bonds. The number of hydrogen-bond donors (Lipinski definition) is 0. The van der Waals surface area contributed by atoms with Crippen LogP contribution in [0.25, 0.3) is 21.0 Å². The Morgan fingerprint density at radius 2 is 1.65 bits per heavy atom. The average molecular weight is 498 g/mol. The Balaban J connectivity index is 1.82. The highest BCUT2D eigenvalue weighted by atomic mass is 35.5. The van der Waals surface area contributed by atoms with Crippen molar-refractivity contribution in [2.45, 2.75) is 13.8 Å². The molecule has 0 aliphatic rings. The largest absolute Gasteiger partial charge is 0.496 e. The van der Waals surface area contributed by atoms with E-state index >= 15 is 0 Å². The molecule has 4 rings (SSSR count). The van der Waals surface area contributed by atoms with Gasteiger partial charge in [-0.3, -0.25) is 9.69 Å². The van der Waals surface area contributed by atoms with Gasteiger partial charge in [0.1, 0.15) is 17.0 Å². The van der Waals surface area contributed by atoms with Crippen LogP contribution in [0, 0.1) is 0 Å². The number of thiazole rings is 1. The number of carbonyl (C=O) groups is 1. The number of fused-ring (bicyclic) bond motifs is 2. The first kappa shape index (κ1) is 24.3. The number of methoxy groups -OCH3 is 2. The molecule has 178 valence electrons. The van der Waals surface area contributed by atoms with Crippen molar-refractivity contribution in [2.24, 2.45) is 0 Å². The van der Waals surface area contributed by atoms with E-state index < -0.39 is 0 Å². The molecule has 0 atom stereocenters. The lowest BCUT2D eigenvalue weighted by atomic mass is 10.0. The monoisotopic (exact) mass is 497 g/mol. The van der Waals surface area contributed by atoms with Gasteiger partial charge in [-0.1, -0.05) is 61.1 Å².